The molecule has 0 unspecified atom stereocenters. The van der Waals surface area contributed by atoms with Crippen LogP contribution in [0.15, 0.2) is 24.3 Å². The molecular weight excluding hydrogens is 208 g/mol. The Labute approximate surface area is 95.2 Å². The molecule has 0 bridgehead atoms. The highest BCUT2D eigenvalue weighted by Crippen LogP contribution is 2.16. The van der Waals surface area contributed by atoms with Crippen molar-refractivity contribution < 1.29 is 0 Å². The van der Waals surface area contributed by atoms with Crippen molar-refractivity contribution in [2.75, 3.05) is 13.6 Å². The third-order valence-electron chi connectivity index (χ3n) is 1.99. The Morgan fingerprint density at radius 3 is 3.00 bits per heavy atom. The van der Waals surface area contributed by atoms with Crippen LogP contribution < -0.4 is 5.32 Å². The number of halogens is 1. The molecule has 15 heavy (non-hydrogen) atoms. The number of nitrogens with one attached hydrogen (secondary N) is 1. The summed E-state index contributed by atoms with van der Waals surface area (Å²) in [4.78, 5) is 0. The Kier molecular flexibility index (Phi) is 4.89. The molecule has 0 aliphatic heterocycles. The molecule has 0 saturated carbocycles. The number of nitriles is 1. The van der Waals surface area contributed by atoms with Crippen molar-refractivity contribution >= 4 is 17.7 Å². The molecule has 2 nitrogen and oxygen atoms in total. The van der Waals surface area contributed by atoms with E-state index in [1.54, 1.807) is 18.2 Å². The highest BCUT2D eigenvalue weighted by Gasteiger charge is 1.98. The van der Waals surface area contributed by atoms with Gasteiger partial charge in [-0.25, -0.2) is 0 Å². The summed E-state index contributed by atoms with van der Waals surface area (Å²) in [6, 6.07) is 7.40. The molecule has 0 spiro atoms. The van der Waals surface area contributed by atoms with Gasteiger partial charge in [-0.15, -0.1) is 0 Å². The Balaban J connectivity index is 2.79. The van der Waals surface area contributed by atoms with Crippen molar-refractivity contribution in [1.82, 2.24) is 5.32 Å². The van der Waals surface area contributed by atoms with E-state index >= 15 is 0 Å². The molecule has 0 atom stereocenters. The van der Waals surface area contributed by atoms with Crippen LogP contribution in [0.1, 0.15) is 17.5 Å². The van der Waals surface area contributed by atoms with Gasteiger partial charge in [0.15, 0.2) is 0 Å². The first kappa shape index (κ1) is 11.8. The van der Waals surface area contributed by atoms with E-state index in [9.17, 15) is 0 Å². The molecule has 1 N–H and O–H groups in total. The number of hydrogen-bond donors (Lipinski definition) is 1. The lowest BCUT2D eigenvalue weighted by Gasteiger charge is -1.98. The molecule has 1 aromatic rings. The molecule has 0 amide bonds. The predicted octanol–water partition coefficient (Wildman–Crippen LogP) is 2.83. The maximum Gasteiger partial charge on any atom is 0.0997 e. The van der Waals surface area contributed by atoms with Crippen molar-refractivity contribution in [2.45, 2.75) is 6.42 Å². The summed E-state index contributed by atoms with van der Waals surface area (Å²) in [5, 5.41) is 12.6. The highest BCUT2D eigenvalue weighted by atomic mass is 35.5. The summed E-state index contributed by atoms with van der Waals surface area (Å²) in [6.45, 7) is 0.930. The summed E-state index contributed by atoms with van der Waals surface area (Å²) in [5.41, 5.74) is 1.53. The van der Waals surface area contributed by atoms with Gasteiger partial charge in [-0.3, -0.25) is 0 Å². The lowest BCUT2D eigenvalue weighted by atomic mass is 10.1. The van der Waals surface area contributed by atoms with Gasteiger partial charge in [-0.1, -0.05) is 23.8 Å². The van der Waals surface area contributed by atoms with Crippen LogP contribution in [0.4, 0.5) is 0 Å². The first-order valence-corrected chi connectivity index (χ1v) is 5.16. The average molecular weight is 221 g/mol. The van der Waals surface area contributed by atoms with Crippen molar-refractivity contribution in [3.63, 3.8) is 0 Å². The van der Waals surface area contributed by atoms with Crippen LogP contribution in [0.2, 0.25) is 5.02 Å². The molecule has 0 radical (unpaired) electrons. The highest BCUT2D eigenvalue weighted by molar-refractivity contribution is 6.30. The van der Waals surface area contributed by atoms with Crippen LogP contribution in [0, 0.1) is 11.3 Å². The van der Waals surface area contributed by atoms with Gasteiger partial charge in [0.2, 0.25) is 0 Å². The minimum absolute atomic E-state index is 0.653. The smallest absolute Gasteiger partial charge is 0.0997 e. The van der Waals surface area contributed by atoms with Crippen LogP contribution in [0.5, 0.6) is 0 Å². The van der Waals surface area contributed by atoms with E-state index in [-0.39, 0.29) is 0 Å². The molecule has 1 rings (SSSR count). The van der Waals surface area contributed by atoms with Gasteiger partial charge in [0.05, 0.1) is 11.6 Å². The quantitative estimate of drug-likeness (QED) is 0.793. The zero-order valence-electron chi connectivity index (χ0n) is 8.63. The number of benzene rings is 1. The average Bonchev–Trinajstić information content (AvgIpc) is 2.25. The minimum atomic E-state index is 0.653. The third kappa shape index (κ3) is 3.75. The van der Waals surface area contributed by atoms with Crippen molar-refractivity contribution in [3.05, 3.63) is 40.4 Å². The predicted molar refractivity (Wildman–Crippen MR) is 63.7 cm³/mol. The number of hydrogen-bond acceptors (Lipinski definition) is 2. The van der Waals surface area contributed by atoms with E-state index in [1.807, 2.05) is 19.2 Å². The maximum absolute atomic E-state index is 8.87. The Hall–Kier alpha value is -1.30. The Bertz CT molecular complexity index is 391. The second kappa shape index (κ2) is 6.23. The molecule has 0 saturated heterocycles. The van der Waals surface area contributed by atoms with Crippen LogP contribution in [-0.2, 0) is 0 Å². The lowest BCUT2D eigenvalue weighted by molar-refractivity contribution is 0.809. The first-order valence-electron chi connectivity index (χ1n) is 4.78. The summed E-state index contributed by atoms with van der Waals surface area (Å²) < 4.78 is 0. The molecule has 0 fully saturated rings. The fraction of sp³-hybridized carbons (Fsp3) is 0.250. The van der Waals surface area contributed by atoms with Crippen molar-refractivity contribution in [3.8, 4) is 6.07 Å². The second-order valence-corrected chi connectivity index (χ2v) is 3.57. The summed E-state index contributed by atoms with van der Waals surface area (Å²) in [5.74, 6) is 0. The third-order valence-corrected chi connectivity index (χ3v) is 2.23. The molecule has 0 aliphatic rings. The van der Waals surface area contributed by atoms with Gasteiger partial charge < -0.3 is 5.32 Å². The van der Waals surface area contributed by atoms with Gasteiger partial charge >= 0.3 is 0 Å². The lowest BCUT2D eigenvalue weighted by Crippen LogP contribution is -2.05. The minimum Gasteiger partial charge on any atom is -0.319 e. The SMILES string of the molecule is CNCCC=Cc1cc(Cl)ccc1C#N. The van der Waals surface area contributed by atoms with E-state index in [2.05, 4.69) is 11.4 Å². The monoisotopic (exact) mass is 220 g/mol. The summed E-state index contributed by atoms with van der Waals surface area (Å²) in [6.07, 6.45) is 4.90. The van der Waals surface area contributed by atoms with Crippen LogP contribution >= 0.6 is 11.6 Å². The topological polar surface area (TPSA) is 35.8 Å². The van der Waals surface area contributed by atoms with Gasteiger partial charge in [0.1, 0.15) is 0 Å². The normalized spacial score (nSPS) is 10.5. The van der Waals surface area contributed by atoms with E-state index in [4.69, 9.17) is 16.9 Å². The molecule has 0 heterocycles. The van der Waals surface area contributed by atoms with Crippen molar-refractivity contribution in [1.29, 1.82) is 5.26 Å². The van der Waals surface area contributed by atoms with E-state index in [1.165, 1.54) is 0 Å². The van der Waals surface area contributed by atoms with Gasteiger partial charge in [0.25, 0.3) is 0 Å². The van der Waals surface area contributed by atoms with Gasteiger partial charge in [-0.05, 0) is 43.8 Å². The van der Waals surface area contributed by atoms with Crippen molar-refractivity contribution in [2.24, 2.45) is 0 Å². The zero-order valence-corrected chi connectivity index (χ0v) is 9.38. The first-order chi connectivity index (χ1) is 7.27. The van der Waals surface area contributed by atoms with E-state index < -0.39 is 0 Å². The standard InChI is InChI=1S/C12H13ClN2/c1-15-7-3-2-4-10-8-12(13)6-5-11(10)9-14/h2,4-6,8,15H,3,7H2,1H3. The van der Waals surface area contributed by atoms with Gasteiger partial charge in [-0.2, -0.15) is 5.26 Å². The fourth-order valence-corrected chi connectivity index (χ4v) is 1.39. The number of rotatable bonds is 4. The van der Waals surface area contributed by atoms with Gasteiger partial charge in [0, 0.05) is 5.02 Å². The molecule has 3 heteroatoms. The summed E-state index contributed by atoms with van der Waals surface area (Å²) >= 11 is 5.86. The summed E-state index contributed by atoms with van der Waals surface area (Å²) in [7, 11) is 1.91. The van der Waals surface area contributed by atoms with E-state index in [0.717, 1.165) is 18.5 Å². The van der Waals surface area contributed by atoms with Crippen LogP contribution in [0.3, 0.4) is 0 Å². The largest absolute Gasteiger partial charge is 0.319 e. The van der Waals surface area contributed by atoms with E-state index in [0.29, 0.717) is 10.6 Å². The zero-order chi connectivity index (χ0) is 11.1. The fourth-order valence-electron chi connectivity index (χ4n) is 1.21. The van der Waals surface area contributed by atoms with Crippen LogP contribution in [-0.4, -0.2) is 13.6 Å². The number of nitrogens with zero attached hydrogens (tertiary/aromatic N) is 1. The second-order valence-electron chi connectivity index (χ2n) is 3.14. The molecule has 1 aromatic carbocycles. The van der Waals surface area contributed by atoms with Crippen LogP contribution in [0.25, 0.3) is 6.08 Å². The molecule has 0 aliphatic carbocycles. The molecular formula is C12H13ClN2. The maximum atomic E-state index is 8.87. The molecule has 78 valence electrons. The Morgan fingerprint density at radius 2 is 2.33 bits per heavy atom. The molecule has 0 aromatic heterocycles. The Morgan fingerprint density at radius 1 is 1.53 bits per heavy atom.